The van der Waals surface area contributed by atoms with Gasteiger partial charge in [-0.05, 0) is 53.7 Å². The number of aliphatic imine (C=N–C) groups is 1. The molecule has 1 rings (SSSR count). The van der Waals surface area contributed by atoms with Gasteiger partial charge in [0.15, 0.2) is 5.96 Å². The zero-order valence-corrected chi connectivity index (χ0v) is 18.5. The van der Waals surface area contributed by atoms with Crippen molar-refractivity contribution in [2.45, 2.75) is 59.5 Å². The van der Waals surface area contributed by atoms with E-state index in [2.05, 4.69) is 74.6 Å². The summed E-state index contributed by atoms with van der Waals surface area (Å²) in [5.41, 5.74) is 0.144. The first-order valence-electron chi connectivity index (χ1n) is 8.15. The van der Waals surface area contributed by atoms with E-state index in [0.29, 0.717) is 6.04 Å². The van der Waals surface area contributed by atoms with Gasteiger partial charge in [0.05, 0.1) is 6.54 Å². The number of nitrogens with one attached hydrogen (secondary N) is 3. The average molecular weight is 452 g/mol. The Labute approximate surface area is 163 Å². The number of nitrogens with zero attached hydrogens (tertiary/aromatic N) is 1. The Bertz CT molecular complexity index is 465. The van der Waals surface area contributed by atoms with E-state index in [9.17, 15) is 0 Å². The van der Waals surface area contributed by atoms with Crippen molar-refractivity contribution < 1.29 is 0 Å². The Morgan fingerprint density at radius 2 is 2.00 bits per heavy atom. The molecule has 1 unspecified atom stereocenters. The quantitative estimate of drug-likeness (QED) is 0.257. The van der Waals surface area contributed by atoms with Crippen molar-refractivity contribution in [3.8, 4) is 0 Å². The number of thiophene rings is 1. The van der Waals surface area contributed by atoms with Gasteiger partial charge in [0.1, 0.15) is 0 Å². The fraction of sp³-hybridized carbons (Fsp3) is 0.706. The van der Waals surface area contributed by atoms with Gasteiger partial charge < -0.3 is 16.0 Å². The van der Waals surface area contributed by atoms with Gasteiger partial charge in [0.25, 0.3) is 0 Å². The topological polar surface area (TPSA) is 48.5 Å². The van der Waals surface area contributed by atoms with Crippen molar-refractivity contribution in [1.29, 1.82) is 0 Å². The molecule has 0 saturated carbocycles. The van der Waals surface area contributed by atoms with Crippen LogP contribution in [0.3, 0.4) is 0 Å². The monoisotopic (exact) mass is 452 g/mol. The lowest BCUT2D eigenvalue weighted by Gasteiger charge is -2.20. The van der Waals surface area contributed by atoms with E-state index in [1.54, 1.807) is 0 Å². The molecule has 23 heavy (non-hydrogen) atoms. The van der Waals surface area contributed by atoms with Crippen molar-refractivity contribution in [2.24, 2.45) is 4.99 Å². The highest BCUT2D eigenvalue weighted by Gasteiger charge is 2.09. The molecule has 1 aromatic rings. The van der Waals surface area contributed by atoms with Crippen LogP contribution in [-0.2, 0) is 6.42 Å². The van der Waals surface area contributed by atoms with E-state index in [1.807, 2.05) is 11.3 Å². The molecular formula is C17H33IN4S. The summed E-state index contributed by atoms with van der Waals surface area (Å²) in [4.78, 5) is 7.43. The summed E-state index contributed by atoms with van der Waals surface area (Å²) in [7, 11) is 0. The summed E-state index contributed by atoms with van der Waals surface area (Å²) in [5, 5.41) is 10.3. The van der Waals surface area contributed by atoms with E-state index in [-0.39, 0.29) is 29.5 Å². The number of aryl methyl sites for hydroxylation is 1. The van der Waals surface area contributed by atoms with Crippen LogP contribution in [0.2, 0.25) is 0 Å². The van der Waals surface area contributed by atoms with Gasteiger partial charge >= 0.3 is 0 Å². The molecule has 0 bridgehead atoms. The van der Waals surface area contributed by atoms with E-state index >= 15 is 0 Å². The van der Waals surface area contributed by atoms with Gasteiger partial charge in [-0.1, -0.05) is 0 Å². The van der Waals surface area contributed by atoms with E-state index in [4.69, 9.17) is 0 Å². The maximum atomic E-state index is 4.64. The number of halogens is 1. The minimum Gasteiger partial charge on any atom is -0.357 e. The lowest BCUT2D eigenvalue weighted by Crippen LogP contribution is -2.44. The van der Waals surface area contributed by atoms with Crippen LogP contribution in [0.4, 0.5) is 0 Å². The van der Waals surface area contributed by atoms with Crippen LogP contribution in [0.1, 0.15) is 44.4 Å². The van der Waals surface area contributed by atoms with Gasteiger partial charge in [-0.15, -0.1) is 35.3 Å². The number of hydrogen-bond donors (Lipinski definition) is 3. The number of rotatable bonds is 7. The third-order valence-electron chi connectivity index (χ3n) is 3.07. The zero-order valence-electron chi connectivity index (χ0n) is 15.3. The van der Waals surface area contributed by atoms with Gasteiger partial charge in [-0.3, -0.25) is 4.99 Å². The Morgan fingerprint density at radius 3 is 2.52 bits per heavy atom. The Kier molecular flexibility index (Phi) is 11.1. The highest BCUT2D eigenvalue weighted by molar-refractivity contribution is 14.0. The standard InChI is InChI=1S/C17H32N4S.HI/c1-7-18-16(19-10-11-20-17(4,5)6)21-13(2)12-15-9-8-14(3)22-15;/h8-9,13,20H,7,10-12H2,1-6H3,(H2,18,19,21);1H. The maximum absolute atomic E-state index is 4.64. The van der Waals surface area contributed by atoms with Gasteiger partial charge in [0, 0.05) is 40.8 Å². The van der Waals surface area contributed by atoms with Crippen LogP contribution in [0.15, 0.2) is 17.1 Å². The molecular weight excluding hydrogens is 419 g/mol. The van der Waals surface area contributed by atoms with Crippen molar-refractivity contribution in [3.63, 3.8) is 0 Å². The van der Waals surface area contributed by atoms with Crippen molar-refractivity contribution >= 4 is 41.3 Å². The lowest BCUT2D eigenvalue weighted by atomic mass is 10.1. The first kappa shape index (κ1) is 22.7. The number of hydrogen-bond acceptors (Lipinski definition) is 3. The summed E-state index contributed by atoms with van der Waals surface area (Å²) in [6, 6.07) is 4.77. The maximum Gasteiger partial charge on any atom is 0.191 e. The zero-order chi connectivity index (χ0) is 16.6. The van der Waals surface area contributed by atoms with Crippen molar-refractivity contribution in [1.82, 2.24) is 16.0 Å². The van der Waals surface area contributed by atoms with Gasteiger partial charge in [0.2, 0.25) is 0 Å². The Balaban J connectivity index is 0.00000484. The molecule has 3 N–H and O–H groups in total. The fourth-order valence-corrected chi connectivity index (χ4v) is 3.12. The van der Waals surface area contributed by atoms with Crippen LogP contribution >= 0.6 is 35.3 Å². The minimum absolute atomic E-state index is 0. The van der Waals surface area contributed by atoms with Crippen LogP contribution < -0.4 is 16.0 Å². The van der Waals surface area contributed by atoms with Crippen LogP contribution in [0.25, 0.3) is 0 Å². The summed E-state index contributed by atoms with van der Waals surface area (Å²) in [6.45, 7) is 15.5. The Morgan fingerprint density at radius 1 is 1.30 bits per heavy atom. The second-order valence-corrected chi connectivity index (χ2v) is 8.07. The largest absolute Gasteiger partial charge is 0.357 e. The van der Waals surface area contributed by atoms with Crippen LogP contribution in [0.5, 0.6) is 0 Å². The molecule has 0 saturated heterocycles. The van der Waals surface area contributed by atoms with Gasteiger partial charge in [-0.25, -0.2) is 0 Å². The highest BCUT2D eigenvalue weighted by Crippen LogP contribution is 2.16. The molecule has 1 aromatic heterocycles. The molecule has 6 heteroatoms. The molecule has 1 heterocycles. The molecule has 0 aliphatic rings. The third kappa shape index (κ3) is 10.9. The van der Waals surface area contributed by atoms with Gasteiger partial charge in [-0.2, -0.15) is 0 Å². The predicted molar refractivity (Wildman–Crippen MR) is 115 cm³/mol. The predicted octanol–water partition coefficient (Wildman–Crippen LogP) is 3.55. The van der Waals surface area contributed by atoms with E-state index < -0.39 is 0 Å². The smallest absolute Gasteiger partial charge is 0.191 e. The second-order valence-electron chi connectivity index (χ2n) is 6.70. The first-order valence-corrected chi connectivity index (χ1v) is 8.97. The van der Waals surface area contributed by atoms with E-state index in [1.165, 1.54) is 9.75 Å². The van der Waals surface area contributed by atoms with Crippen LogP contribution in [-0.4, -0.2) is 37.2 Å². The van der Waals surface area contributed by atoms with Crippen LogP contribution in [0, 0.1) is 6.92 Å². The summed E-state index contributed by atoms with van der Waals surface area (Å²) in [6.07, 6.45) is 1.03. The molecule has 0 radical (unpaired) electrons. The number of guanidine groups is 1. The fourth-order valence-electron chi connectivity index (χ4n) is 2.10. The minimum atomic E-state index is 0. The lowest BCUT2D eigenvalue weighted by molar-refractivity contribution is 0.432. The Hall–Kier alpha value is -0.340. The van der Waals surface area contributed by atoms with E-state index in [0.717, 1.165) is 32.0 Å². The molecule has 0 aromatic carbocycles. The molecule has 0 aliphatic carbocycles. The third-order valence-corrected chi connectivity index (χ3v) is 4.09. The molecule has 1 atom stereocenters. The molecule has 0 amide bonds. The molecule has 134 valence electrons. The molecule has 0 fully saturated rings. The highest BCUT2D eigenvalue weighted by atomic mass is 127. The summed E-state index contributed by atoms with van der Waals surface area (Å²) < 4.78 is 0. The SMILES string of the molecule is CCNC(=NCCNC(C)(C)C)NC(C)Cc1ccc(C)s1.I. The van der Waals surface area contributed by atoms with Crippen molar-refractivity contribution in [3.05, 3.63) is 21.9 Å². The summed E-state index contributed by atoms with van der Waals surface area (Å²) >= 11 is 1.87. The first-order chi connectivity index (χ1) is 10.3. The van der Waals surface area contributed by atoms with Crippen molar-refractivity contribution in [2.75, 3.05) is 19.6 Å². The average Bonchev–Trinajstić information content (AvgIpc) is 2.79. The molecule has 4 nitrogen and oxygen atoms in total. The normalized spacial score (nSPS) is 13.4. The molecule has 0 aliphatic heterocycles. The second kappa shape index (κ2) is 11.3. The molecule has 0 spiro atoms. The summed E-state index contributed by atoms with van der Waals surface area (Å²) in [5.74, 6) is 0.902.